The van der Waals surface area contributed by atoms with E-state index in [4.69, 9.17) is 5.11 Å². The van der Waals surface area contributed by atoms with Crippen LogP contribution in [0.2, 0.25) is 0 Å². The fourth-order valence-electron chi connectivity index (χ4n) is 0.981. The van der Waals surface area contributed by atoms with Gasteiger partial charge in [0.1, 0.15) is 0 Å². The second-order valence-electron chi connectivity index (χ2n) is 4.50. The van der Waals surface area contributed by atoms with Crippen molar-refractivity contribution in [2.75, 3.05) is 0 Å². The summed E-state index contributed by atoms with van der Waals surface area (Å²) in [4.78, 5) is 18.7. The van der Waals surface area contributed by atoms with Crippen LogP contribution in [0.1, 0.15) is 42.6 Å². The molecule has 1 heterocycles. The lowest BCUT2D eigenvalue weighted by Crippen LogP contribution is -2.05. The molecule has 0 spiro atoms. The van der Waals surface area contributed by atoms with Gasteiger partial charge in [-0.1, -0.05) is 5.92 Å². The topological polar surface area (TPSA) is 63.1 Å². The average molecular weight is 218 g/mol. The predicted octanol–water partition coefficient (Wildman–Crippen LogP) is 1.88. The van der Waals surface area contributed by atoms with Gasteiger partial charge in [0, 0.05) is 11.6 Å². The lowest BCUT2D eigenvalue weighted by molar-refractivity contribution is 0.0695. The Bertz CT molecular complexity index is 476. The summed E-state index contributed by atoms with van der Waals surface area (Å²) in [5.41, 5.74) is 0.421. The number of carbonyl (C=O) groups is 1. The van der Waals surface area contributed by atoms with Crippen LogP contribution in [0, 0.1) is 24.2 Å². The monoisotopic (exact) mass is 218 g/mol. The molecule has 0 aliphatic rings. The van der Waals surface area contributed by atoms with Gasteiger partial charge in [-0.25, -0.2) is 14.8 Å². The zero-order valence-electron chi connectivity index (χ0n) is 9.83. The van der Waals surface area contributed by atoms with Crippen molar-refractivity contribution in [2.24, 2.45) is 5.41 Å². The van der Waals surface area contributed by atoms with Gasteiger partial charge in [-0.3, -0.25) is 0 Å². The lowest BCUT2D eigenvalue weighted by atomic mass is 9.98. The van der Waals surface area contributed by atoms with Gasteiger partial charge in [0.05, 0.1) is 11.3 Å². The molecule has 0 aliphatic carbocycles. The highest BCUT2D eigenvalue weighted by Crippen LogP contribution is 2.10. The highest BCUT2D eigenvalue weighted by molar-refractivity contribution is 5.88. The quantitative estimate of drug-likeness (QED) is 0.731. The van der Waals surface area contributed by atoms with Gasteiger partial charge < -0.3 is 5.11 Å². The fourth-order valence-corrected chi connectivity index (χ4v) is 0.981. The highest BCUT2D eigenvalue weighted by atomic mass is 16.4. The molecule has 84 valence electrons. The van der Waals surface area contributed by atoms with E-state index in [1.165, 1.54) is 6.20 Å². The Hall–Kier alpha value is -1.89. The van der Waals surface area contributed by atoms with E-state index >= 15 is 0 Å². The van der Waals surface area contributed by atoms with Crippen molar-refractivity contribution in [1.82, 2.24) is 9.97 Å². The second kappa shape index (κ2) is 4.31. The van der Waals surface area contributed by atoms with Crippen molar-refractivity contribution in [1.29, 1.82) is 0 Å². The number of nitrogens with zero attached hydrogens (tertiary/aromatic N) is 2. The molecule has 1 rings (SSSR count). The molecular weight excluding hydrogens is 204 g/mol. The zero-order valence-corrected chi connectivity index (χ0v) is 9.83. The summed E-state index contributed by atoms with van der Waals surface area (Å²) >= 11 is 0. The molecule has 0 radical (unpaired) electrons. The molecule has 16 heavy (non-hydrogen) atoms. The fraction of sp³-hybridized carbons (Fsp3) is 0.417. The largest absolute Gasteiger partial charge is 0.478 e. The first kappa shape index (κ1) is 12.2. The minimum atomic E-state index is -1.02. The van der Waals surface area contributed by atoms with E-state index in [1.54, 1.807) is 6.92 Å². The number of aromatic nitrogens is 2. The summed E-state index contributed by atoms with van der Waals surface area (Å²) in [6.45, 7) is 7.59. The first-order chi connectivity index (χ1) is 7.29. The van der Waals surface area contributed by atoms with Gasteiger partial charge in [0.2, 0.25) is 5.82 Å². The van der Waals surface area contributed by atoms with Gasteiger partial charge in [0.15, 0.2) is 0 Å². The Balaban J connectivity index is 3.06. The van der Waals surface area contributed by atoms with Crippen molar-refractivity contribution in [3.05, 3.63) is 23.3 Å². The van der Waals surface area contributed by atoms with Crippen molar-refractivity contribution in [2.45, 2.75) is 27.7 Å². The number of rotatable bonds is 1. The summed E-state index contributed by atoms with van der Waals surface area (Å²) in [6, 6.07) is 0. The van der Waals surface area contributed by atoms with E-state index in [-0.39, 0.29) is 11.0 Å². The van der Waals surface area contributed by atoms with Crippen LogP contribution in [0.4, 0.5) is 0 Å². The number of hydrogen-bond donors (Lipinski definition) is 1. The molecule has 0 bridgehead atoms. The first-order valence-corrected chi connectivity index (χ1v) is 4.90. The molecule has 1 aromatic rings. The molecule has 4 heteroatoms. The van der Waals surface area contributed by atoms with E-state index in [2.05, 4.69) is 21.8 Å². The molecule has 4 nitrogen and oxygen atoms in total. The number of carboxylic acid groups (broad SMARTS) is 1. The zero-order chi connectivity index (χ0) is 12.3. The lowest BCUT2D eigenvalue weighted by Gasteiger charge is -2.06. The van der Waals surface area contributed by atoms with Crippen molar-refractivity contribution in [3.63, 3.8) is 0 Å². The van der Waals surface area contributed by atoms with Crippen LogP contribution >= 0.6 is 0 Å². The molecule has 0 amide bonds. The SMILES string of the molecule is Cc1nc(C#CC(C)(C)C)ncc1C(=O)O. The van der Waals surface area contributed by atoms with Crippen LogP contribution in [0.5, 0.6) is 0 Å². The van der Waals surface area contributed by atoms with Gasteiger partial charge in [-0.2, -0.15) is 0 Å². The van der Waals surface area contributed by atoms with Crippen LogP contribution in [0.15, 0.2) is 6.20 Å². The Morgan fingerprint density at radius 2 is 2.06 bits per heavy atom. The first-order valence-electron chi connectivity index (χ1n) is 4.90. The van der Waals surface area contributed by atoms with Crippen molar-refractivity contribution < 1.29 is 9.90 Å². The van der Waals surface area contributed by atoms with E-state index in [0.717, 1.165) is 0 Å². The minimum Gasteiger partial charge on any atom is -0.478 e. The molecule has 0 saturated carbocycles. The van der Waals surface area contributed by atoms with E-state index in [0.29, 0.717) is 11.5 Å². The summed E-state index contributed by atoms with van der Waals surface area (Å²) in [5.74, 6) is 5.16. The van der Waals surface area contributed by atoms with Gasteiger partial charge >= 0.3 is 5.97 Å². The van der Waals surface area contributed by atoms with Gasteiger partial charge in [0.25, 0.3) is 0 Å². The number of carboxylic acids is 1. The predicted molar refractivity (Wildman–Crippen MR) is 60.1 cm³/mol. The third kappa shape index (κ3) is 3.35. The maximum atomic E-state index is 10.7. The third-order valence-electron chi connectivity index (χ3n) is 1.76. The van der Waals surface area contributed by atoms with Crippen LogP contribution in [-0.2, 0) is 0 Å². The van der Waals surface area contributed by atoms with E-state index in [9.17, 15) is 4.79 Å². The smallest absolute Gasteiger partial charge is 0.339 e. The average Bonchev–Trinajstić information content (AvgIpc) is 2.13. The second-order valence-corrected chi connectivity index (χ2v) is 4.50. The molecule has 1 aromatic heterocycles. The molecule has 1 N–H and O–H groups in total. The third-order valence-corrected chi connectivity index (χ3v) is 1.76. The Kier molecular flexibility index (Phi) is 3.28. The van der Waals surface area contributed by atoms with Gasteiger partial charge in [-0.15, -0.1) is 0 Å². The molecule has 0 saturated heterocycles. The Labute approximate surface area is 94.7 Å². The number of aromatic carboxylic acids is 1. The van der Waals surface area contributed by atoms with Crippen molar-refractivity contribution in [3.8, 4) is 11.8 Å². The summed E-state index contributed by atoms with van der Waals surface area (Å²) in [6.07, 6.45) is 1.29. The Morgan fingerprint density at radius 1 is 1.44 bits per heavy atom. The summed E-state index contributed by atoms with van der Waals surface area (Å²) in [5, 5.41) is 8.80. The molecule has 0 atom stereocenters. The molecule has 0 aromatic carbocycles. The van der Waals surface area contributed by atoms with Crippen LogP contribution in [0.3, 0.4) is 0 Å². The summed E-state index contributed by atoms with van der Waals surface area (Å²) in [7, 11) is 0. The van der Waals surface area contributed by atoms with Crippen LogP contribution in [-0.4, -0.2) is 21.0 Å². The van der Waals surface area contributed by atoms with E-state index < -0.39 is 5.97 Å². The standard InChI is InChI=1S/C12H14N2O2/c1-8-9(11(15)16)7-13-10(14-8)5-6-12(2,3)4/h7H,1-4H3,(H,15,16). The maximum absolute atomic E-state index is 10.7. The van der Waals surface area contributed by atoms with E-state index in [1.807, 2.05) is 20.8 Å². The maximum Gasteiger partial charge on any atom is 0.339 e. The molecular formula is C12H14N2O2. The normalized spacial score (nSPS) is 10.5. The molecule has 0 unspecified atom stereocenters. The Morgan fingerprint density at radius 3 is 2.50 bits per heavy atom. The molecule has 0 fully saturated rings. The number of aryl methyl sites for hydroxylation is 1. The highest BCUT2D eigenvalue weighted by Gasteiger charge is 2.09. The van der Waals surface area contributed by atoms with Crippen LogP contribution < -0.4 is 0 Å². The minimum absolute atomic E-state index is 0.112. The molecule has 0 aliphatic heterocycles. The number of hydrogen-bond acceptors (Lipinski definition) is 3. The summed E-state index contributed by atoms with van der Waals surface area (Å²) < 4.78 is 0. The van der Waals surface area contributed by atoms with Crippen LogP contribution in [0.25, 0.3) is 0 Å². The van der Waals surface area contributed by atoms with Gasteiger partial charge in [-0.05, 0) is 33.6 Å². The van der Waals surface area contributed by atoms with Crippen molar-refractivity contribution >= 4 is 5.97 Å².